The fourth-order valence-corrected chi connectivity index (χ4v) is 2.70. The number of hydrogen-bond donors (Lipinski definition) is 0. The maximum Gasteiger partial charge on any atom is 0.274 e. The number of nitrogens with zero attached hydrogens (tertiary/aromatic N) is 3. The van der Waals surface area contributed by atoms with E-state index in [0.717, 1.165) is 11.3 Å². The molecule has 0 unspecified atom stereocenters. The molecule has 2 aromatic carbocycles. The van der Waals surface area contributed by atoms with Gasteiger partial charge < -0.3 is 9.64 Å². The summed E-state index contributed by atoms with van der Waals surface area (Å²) in [6, 6.07) is 15.4. The first-order chi connectivity index (χ1) is 13.1. The quantitative estimate of drug-likeness (QED) is 0.598. The molecule has 0 atom stereocenters. The summed E-state index contributed by atoms with van der Waals surface area (Å²) >= 11 is 0. The van der Waals surface area contributed by atoms with E-state index in [9.17, 15) is 9.18 Å². The molecule has 0 aliphatic carbocycles. The van der Waals surface area contributed by atoms with Crippen LogP contribution in [0.4, 0.5) is 4.39 Å². The van der Waals surface area contributed by atoms with Crippen molar-refractivity contribution in [3.63, 3.8) is 0 Å². The Labute approximate surface area is 157 Å². The van der Waals surface area contributed by atoms with Crippen LogP contribution >= 0.6 is 0 Å². The van der Waals surface area contributed by atoms with Crippen LogP contribution in [0.25, 0.3) is 5.69 Å². The lowest BCUT2D eigenvalue weighted by Gasteiger charge is -2.20. The molecule has 1 aromatic heterocycles. The zero-order valence-corrected chi connectivity index (χ0v) is 15.0. The molecular formula is C21H20FN3O2. The lowest BCUT2D eigenvalue weighted by molar-refractivity contribution is 0.0756. The van der Waals surface area contributed by atoms with E-state index in [1.807, 2.05) is 24.3 Å². The largest absolute Gasteiger partial charge is 0.497 e. The van der Waals surface area contributed by atoms with Crippen molar-refractivity contribution in [3.05, 3.63) is 90.5 Å². The summed E-state index contributed by atoms with van der Waals surface area (Å²) < 4.78 is 20.5. The molecule has 0 saturated heterocycles. The average molecular weight is 365 g/mol. The minimum atomic E-state index is -0.402. The first-order valence-electron chi connectivity index (χ1n) is 8.46. The van der Waals surface area contributed by atoms with Crippen molar-refractivity contribution in [3.8, 4) is 11.4 Å². The van der Waals surface area contributed by atoms with Crippen molar-refractivity contribution in [1.82, 2.24) is 14.7 Å². The summed E-state index contributed by atoms with van der Waals surface area (Å²) in [5, 5.41) is 4.24. The Balaban J connectivity index is 1.80. The van der Waals surface area contributed by atoms with Crippen LogP contribution < -0.4 is 4.74 Å². The van der Waals surface area contributed by atoms with E-state index in [1.54, 1.807) is 48.5 Å². The molecule has 0 radical (unpaired) electrons. The van der Waals surface area contributed by atoms with E-state index in [0.29, 0.717) is 18.8 Å². The second-order valence-corrected chi connectivity index (χ2v) is 5.92. The number of carbonyl (C=O) groups excluding carboxylic acids is 1. The summed E-state index contributed by atoms with van der Waals surface area (Å²) in [7, 11) is 1.61. The molecule has 0 bridgehead atoms. The molecule has 0 fully saturated rings. The van der Waals surface area contributed by atoms with Gasteiger partial charge in [-0.25, -0.2) is 9.07 Å². The van der Waals surface area contributed by atoms with Crippen molar-refractivity contribution >= 4 is 5.91 Å². The maximum absolute atomic E-state index is 13.9. The molecule has 1 amide bonds. The molecule has 0 aliphatic heterocycles. The van der Waals surface area contributed by atoms with Crippen molar-refractivity contribution in [1.29, 1.82) is 0 Å². The monoisotopic (exact) mass is 365 g/mol. The Hall–Kier alpha value is -3.41. The molecule has 0 aliphatic rings. The zero-order chi connectivity index (χ0) is 19.2. The van der Waals surface area contributed by atoms with E-state index >= 15 is 0 Å². The highest BCUT2D eigenvalue weighted by Gasteiger charge is 2.18. The number of carbonyl (C=O) groups is 1. The van der Waals surface area contributed by atoms with Gasteiger partial charge in [-0.2, -0.15) is 5.10 Å². The highest BCUT2D eigenvalue weighted by Crippen LogP contribution is 2.16. The third-order valence-electron chi connectivity index (χ3n) is 4.08. The number of rotatable bonds is 7. The second kappa shape index (κ2) is 8.31. The van der Waals surface area contributed by atoms with E-state index in [2.05, 4.69) is 11.7 Å². The Morgan fingerprint density at radius 2 is 1.96 bits per heavy atom. The minimum Gasteiger partial charge on any atom is -0.497 e. The zero-order valence-electron chi connectivity index (χ0n) is 15.0. The van der Waals surface area contributed by atoms with Crippen LogP contribution in [0.1, 0.15) is 16.1 Å². The van der Waals surface area contributed by atoms with E-state index in [-0.39, 0.29) is 11.6 Å². The Bertz CT molecular complexity index is 935. The Morgan fingerprint density at radius 3 is 2.63 bits per heavy atom. The van der Waals surface area contributed by atoms with Gasteiger partial charge in [0.1, 0.15) is 17.3 Å². The third kappa shape index (κ3) is 4.23. The maximum atomic E-state index is 13.9. The number of halogens is 1. The molecule has 138 valence electrons. The molecule has 0 saturated carbocycles. The molecule has 6 heteroatoms. The van der Waals surface area contributed by atoms with E-state index in [1.165, 1.54) is 10.7 Å². The van der Waals surface area contributed by atoms with E-state index in [4.69, 9.17) is 4.74 Å². The number of aromatic nitrogens is 2. The molecule has 0 spiro atoms. The number of benzene rings is 2. The van der Waals surface area contributed by atoms with Crippen molar-refractivity contribution in [2.75, 3.05) is 13.7 Å². The van der Waals surface area contributed by atoms with Gasteiger partial charge >= 0.3 is 0 Å². The van der Waals surface area contributed by atoms with Crippen LogP contribution in [0.2, 0.25) is 0 Å². The minimum absolute atomic E-state index is 0.244. The van der Waals surface area contributed by atoms with Gasteiger partial charge in [-0.05, 0) is 35.9 Å². The Kier molecular flexibility index (Phi) is 5.66. The van der Waals surface area contributed by atoms with Crippen LogP contribution in [-0.2, 0) is 6.54 Å². The van der Waals surface area contributed by atoms with Gasteiger partial charge in [0.05, 0.1) is 7.11 Å². The van der Waals surface area contributed by atoms with Crippen LogP contribution in [0.5, 0.6) is 5.75 Å². The summed E-state index contributed by atoms with van der Waals surface area (Å²) in [6.07, 6.45) is 3.24. The smallest absolute Gasteiger partial charge is 0.274 e. The standard InChI is InChI=1S/C21H20FN3O2/c1-3-13-24(15-16-8-10-17(27-2)11-9-16)21(26)19-12-14-25(23-19)20-7-5-4-6-18(20)22/h3-12,14H,1,13,15H2,2H3. The van der Waals surface area contributed by atoms with Gasteiger partial charge in [-0.3, -0.25) is 4.79 Å². The Morgan fingerprint density at radius 1 is 1.22 bits per heavy atom. The number of amides is 1. The summed E-state index contributed by atoms with van der Waals surface area (Å²) in [5.74, 6) is 0.102. The molecule has 1 heterocycles. The molecule has 3 rings (SSSR count). The fourth-order valence-electron chi connectivity index (χ4n) is 2.70. The number of para-hydroxylation sites is 1. The molecule has 0 N–H and O–H groups in total. The lowest BCUT2D eigenvalue weighted by Crippen LogP contribution is -2.31. The predicted molar refractivity (Wildman–Crippen MR) is 101 cm³/mol. The molecular weight excluding hydrogens is 345 g/mol. The lowest BCUT2D eigenvalue weighted by atomic mass is 10.2. The number of hydrogen-bond acceptors (Lipinski definition) is 3. The third-order valence-corrected chi connectivity index (χ3v) is 4.08. The molecule has 5 nitrogen and oxygen atoms in total. The second-order valence-electron chi connectivity index (χ2n) is 5.92. The average Bonchev–Trinajstić information content (AvgIpc) is 3.18. The van der Waals surface area contributed by atoms with Gasteiger partial charge in [0.25, 0.3) is 5.91 Å². The van der Waals surface area contributed by atoms with Crippen LogP contribution in [0, 0.1) is 5.82 Å². The molecule has 27 heavy (non-hydrogen) atoms. The van der Waals surface area contributed by atoms with Crippen molar-refractivity contribution in [2.24, 2.45) is 0 Å². The van der Waals surface area contributed by atoms with Crippen molar-refractivity contribution in [2.45, 2.75) is 6.54 Å². The fraction of sp³-hybridized carbons (Fsp3) is 0.143. The van der Waals surface area contributed by atoms with Crippen molar-refractivity contribution < 1.29 is 13.9 Å². The number of ether oxygens (including phenoxy) is 1. The molecule has 3 aromatic rings. The van der Waals surface area contributed by atoms with Gasteiger partial charge in [-0.15, -0.1) is 6.58 Å². The van der Waals surface area contributed by atoms with E-state index < -0.39 is 5.82 Å². The highest BCUT2D eigenvalue weighted by molar-refractivity contribution is 5.92. The summed E-state index contributed by atoms with van der Waals surface area (Å²) in [6.45, 7) is 4.50. The van der Waals surface area contributed by atoms with Gasteiger partial charge in [-0.1, -0.05) is 30.3 Å². The number of methoxy groups -OCH3 is 1. The highest BCUT2D eigenvalue weighted by atomic mass is 19.1. The van der Waals surface area contributed by atoms with Gasteiger partial charge in [0.15, 0.2) is 5.69 Å². The summed E-state index contributed by atoms with van der Waals surface area (Å²) in [5.41, 5.74) is 1.50. The normalized spacial score (nSPS) is 10.4. The van der Waals surface area contributed by atoms with Gasteiger partial charge in [0, 0.05) is 19.3 Å². The predicted octanol–water partition coefficient (Wildman–Crippen LogP) is 3.85. The van der Waals surface area contributed by atoms with Crippen LogP contribution in [0.15, 0.2) is 73.4 Å². The van der Waals surface area contributed by atoms with Crippen LogP contribution in [0.3, 0.4) is 0 Å². The van der Waals surface area contributed by atoms with Gasteiger partial charge in [0.2, 0.25) is 0 Å². The van der Waals surface area contributed by atoms with Crippen LogP contribution in [-0.4, -0.2) is 34.2 Å². The first kappa shape index (κ1) is 18.4. The summed E-state index contributed by atoms with van der Waals surface area (Å²) in [4.78, 5) is 14.5. The first-order valence-corrected chi connectivity index (χ1v) is 8.46. The topological polar surface area (TPSA) is 47.4 Å². The SMILES string of the molecule is C=CCN(Cc1ccc(OC)cc1)C(=O)c1ccn(-c2ccccc2F)n1.